The SMILES string of the molecule is COc1cc(CCNC(OCCF)c2ccccc2)c(OC)cc1Br. The lowest BCUT2D eigenvalue weighted by atomic mass is 10.1. The van der Waals surface area contributed by atoms with Crippen LogP contribution >= 0.6 is 15.9 Å². The summed E-state index contributed by atoms with van der Waals surface area (Å²) >= 11 is 3.46. The van der Waals surface area contributed by atoms with Gasteiger partial charge in [0.25, 0.3) is 0 Å². The third kappa shape index (κ3) is 5.70. The molecule has 0 radical (unpaired) electrons. The van der Waals surface area contributed by atoms with E-state index in [0.717, 1.165) is 33.5 Å². The van der Waals surface area contributed by atoms with Crippen molar-refractivity contribution in [3.05, 3.63) is 58.1 Å². The van der Waals surface area contributed by atoms with Crippen LogP contribution in [-0.4, -0.2) is 34.0 Å². The lowest BCUT2D eigenvalue weighted by Crippen LogP contribution is -2.26. The molecule has 0 aliphatic carbocycles. The fourth-order valence-electron chi connectivity index (χ4n) is 2.52. The first kappa shape index (κ1) is 19.7. The minimum atomic E-state index is -0.511. The topological polar surface area (TPSA) is 39.7 Å². The highest BCUT2D eigenvalue weighted by Gasteiger charge is 2.13. The van der Waals surface area contributed by atoms with Gasteiger partial charge in [0, 0.05) is 6.54 Å². The average Bonchev–Trinajstić information content (AvgIpc) is 2.65. The van der Waals surface area contributed by atoms with E-state index >= 15 is 0 Å². The fourth-order valence-corrected chi connectivity index (χ4v) is 3.00. The molecule has 1 N–H and O–H groups in total. The van der Waals surface area contributed by atoms with Crippen molar-refractivity contribution in [1.29, 1.82) is 0 Å². The zero-order valence-electron chi connectivity index (χ0n) is 14.4. The number of hydrogen-bond donors (Lipinski definition) is 1. The van der Waals surface area contributed by atoms with E-state index in [4.69, 9.17) is 14.2 Å². The first-order chi connectivity index (χ1) is 12.2. The molecule has 0 aliphatic rings. The van der Waals surface area contributed by atoms with Crippen molar-refractivity contribution >= 4 is 15.9 Å². The number of ether oxygens (including phenoxy) is 3. The van der Waals surface area contributed by atoms with Crippen LogP contribution in [0.25, 0.3) is 0 Å². The molecule has 2 rings (SSSR count). The molecule has 2 aromatic rings. The molecule has 4 nitrogen and oxygen atoms in total. The second-order valence-electron chi connectivity index (χ2n) is 5.35. The first-order valence-corrected chi connectivity index (χ1v) is 8.85. The number of nitrogens with one attached hydrogen (secondary N) is 1. The fraction of sp³-hybridized carbons (Fsp3) is 0.368. The molecule has 25 heavy (non-hydrogen) atoms. The Morgan fingerprint density at radius 3 is 2.44 bits per heavy atom. The van der Waals surface area contributed by atoms with Crippen LogP contribution in [0.15, 0.2) is 46.9 Å². The van der Waals surface area contributed by atoms with Crippen LogP contribution in [0.5, 0.6) is 11.5 Å². The molecule has 0 saturated heterocycles. The van der Waals surface area contributed by atoms with Gasteiger partial charge in [-0.05, 0) is 45.6 Å². The van der Waals surface area contributed by atoms with E-state index in [2.05, 4.69) is 21.2 Å². The van der Waals surface area contributed by atoms with Crippen LogP contribution < -0.4 is 14.8 Å². The molecule has 0 heterocycles. The number of hydrogen-bond acceptors (Lipinski definition) is 4. The Morgan fingerprint density at radius 1 is 1.08 bits per heavy atom. The molecule has 0 spiro atoms. The molecule has 136 valence electrons. The van der Waals surface area contributed by atoms with Gasteiger partial charge in [0.1, 0.15) is 24.4 Å². The maximum atomic E-state index is 12.5. The third-order valence-corrected chi connectivity index (χ3v) is 4.36. The molecule has 0 fully saturated rings. The van der Waals surface area contributed by atoms with Gasteiger partial charge in [0.05, 0.1) is 25.3 Å². The van der Waals surface area contributed by atoms with Gasteiger partial charge in [-0.25, -0.2) is 4.39 Å². The van der Waals surface area contributed by atoms with Crippen molar-refractivity contribution in [2.24, 2.45) is 0 Å². The third-order valence-electron chi connectivity index (χ3n) is 3.74. The van der Waals surface area contributed by atoms with E-state index in [1.54, 1.807) is 14.2 Å². The second-order valence-corrected chi connectivity index (χ2v) is 6.21. The Morgan fingerprint density at radius 2 is 1.80 bits per heavy atom. The number of alkyl halides is 1. The minimum absolute atomic E-state index is 0.0575. The van der Waals surface area contributed by atoms with E-state index in [9.17, 15) is 4.39 Å². The zero-order valence-corrected chi connectivity index (χ0v) is 16.0. The average molecular weight is 412 g/mol. The maximum absolute atomic E-state index is 12.5. The highest BCUT2D eigenvalue weighted by molar-refractivity contribution is 9.10. The van der Waals surface area contributed by atoms with Crippen LogP contribution in [0.1, 0.15) is 17.4 Å². The van der Waals surface area contributed by atoms with E-state index in [-0.39, 0.29) is 12.8 Å². The molecule has 1 atom stereocenters. The largest absolute Gasteiger partial charge is 0.496 e. The molecule has 0 saturated carbocycles. The van der Waals surface area contributed by atoms with Gasteiger partial charge < -0.3 is 14.2 Å². The van der Waals surface area contributed by atoms with Gasteiger partial charge in [-0.1, -0.05) is 30.3 Å². The van der Waals surface area contributed by atoms with Crippen molar-refractivity contribution in [3.8, 4) is 11.5 Å². The maximum Gasteiger partial charge on any atom is 0.134 e. The molecule has 1 unspecified atom stereocenters. The standard InChI is InChI=1S/C19H23BrFNO3/c1-23-17-13-16(20)18(24-2)12-15(17)8-10-22-19(25-11-9-21)14-6-4-3-5-7-14/h3-7,12-13,19,22H,8-11H2,1-2H3. The smallest absolute Gasteiger partial charge is 0.134 e. The second kappa shape index (κ2) is 10.4. The van der Waals surface area contributed by atoms with E-state index in [1.807, 2.05) is 42.5 Å². The predicted molar refractivity (Wildman–Crippen MR) is 100 cm³/mol. The summed E-state index contributed by atoms with van der Waals surface area (Å²) in [5.41, 5.74) is 1.99. The van der Waals surface area contributed by atoms with Gasteiger partial charge in [-0.15, -0.1) is 0 Å². The summed E-state index contributed by atoms with van der Waals surface area (Å²) in [6.45, 7) is 0.192. The molecule has 6 heteroatoms. The van der Waals surface area contributed by atoms with Crippen molar-refractivity contribution in [1.82, 2.24) is 5.32 Å². The first-order valence-electron chi connectivity index (χ1n) is 8.06. The molecule has 0 aromatic heterocycles. The van der Waals surface area contributed by atoms with Crippen LogP contribution in [0.2, 0.25) is 0 Å². The van der Waals surface area contributed by atoms with Gasteiger partial charge >= 0.3 is 0 Å². The Labute approximate surface area is 156 Å². The van der Waals surface area contributed by atoms with E-state index in [1.165, 1.54) is 0 Å². The quantitative estimate of drug-likeness (QED) is 0.592. The molecule has 0 amide bonds. The number of benzene rings is 2. The number of halogens is 2. The summed E-state index contributed by atoms with van der Waals surface area (Å²) in [4.78, 5) is 0. The van der Waals surface area contributed by atoms with Crippen LogP contribution in [0.4, 0.5) is 4.39 Å². The lowest BCUT2D eigenvalue weighted by molar-refractivity contribution is 0.0213. The summed E-state index contributed by atoms with van der Waals surface area (Å²) < 4.78 is 29.7. The van der Waals surface area contributed by atoms with Gasteiger partial charge in [-0.2, -0.15) is 0 Å². The highest BCUT2D eigenvalue weighted by Crippen LogP contribution is 2.33. The monoisotopic (exact) mass is 411 g/mol. The van der Waals surface area contributed by atoms with Crippen molar-refractivity contribution < 1.29 is 18.6 Å². The van der Waals surface area contributed by atoms with E-state index in [0.29, 0.717) is 6.54 Å². The Hall–Kier alpha value is -1.63. The van der Waals surface area contributed by atoms with Crippen molar-refractivity contribution in [2.75, 3.05) is 34.0 Å². The van der Waals surface area contributed by atoms with Crippen molar-refractivity contribution in [3.63, 3.8) is 0 Å². The zero-order chi connectivity index (χ0) is 18.1. The van der Waals surface area contributed by atoms with Gasteiger partial charge in [-0.3, -0.25) is 5.32 Å². The van der Waals surface area contributed by atoms with Crippen LogP contribution in [0.3, 0.4) is 0 Å². The predicted octanol–water partition coefficient (Wildman–Crippen LogP) is 4.28. The van der Waals surface area contributed by atoms with Crippen LogP contribution in [0, 0.1) is 0 Å². The Bertz CT molecular complexity index is 655. The van der Waals surface area contributed by atoms with Crippen molar-refractivity contribution in [2.45, 2.75) is 12.6 Å². The summed E-state index contributed by atoms with van der Waals surface area (Å²) in [7, 11) is 3.27. The number of methoxy groups -OCH3 is 2. The summed E-state index contributed by atoms with van der Waals surface area (Å²) in [5.74, 6) is 1.54. The molecule has 0 bridgehead atoms. The minimum Gasteiger partial charge on any atom is -0.496 e. The molecular formula is C19H23BrFNO3. The lowest BCUT2D eigenvalue weighted by Gasteiger charge is -2.20. The molecule has 2 aromatic carbocycles. The molecular weight excluding hydrogens is 389 g/mol. The summed E-state index contributed by atoms with van der Waals surface area (Å²) in [5, 5.41) is 3.33. The summed E-state index contributed by atoms with van der Waals surface area (Å²) in [6.07, 6.45) is 0.370. The summed E-state index contributed by atoms with van der Waals surface area (Å²) in [6, 6.07) is 13.6. The van der Waals surface area contributed by atoms with Crippen LogP contribution in [-0.2, 0) is 11.2 Å². The Kier molecular flexibility index (Phi) is 8.18. The van der Waals surface area contributed by atoms with Gasteiger partial charge in [0.2, 0.25) is 0 Å². The Balaban J connectivity index is 2.04. The highest BCUT2D eigenvalue weighted by atomic mass is 79.9. The van der Waals surface area contributed by atoms with E-state index < -0.39 is 6.67 Å². The normalized spacial score (nSPS) is 12.0. The van der Waals surface area contributed by atoms with Gasteiger partial charge in [0.15, 0.2) is 0 Å². The molecule has 0 aliphatic heterocycles. The number of rotatable bonds is 10.